The van der Waals surface area contributed by atoms with E-state index in [1.54, 1.807) is 0 Å². The van der Waals surface area contributed by atoms with Crippen molar-refractivity contribution in [1.29, 1.82) is 0 Å². The topological polar surface area (TPSA) is 41.6 Å². The molecule has 0 saturated carbocycles. The molecule has 0 aliphatic carbocycles. The fourth-order valence-electron chi connectivity index (χ4n) is 3.41. The fraction of sp³-hybridized carbons (Fsp3) is 0.409. The Morgan fingerprint density at radius 2 is 2.08 bits per heavy atom. The lowest BCUT2D eigenvalue weighted by Gasteiger charge is -2.20. The Hall–Kier alpha value is -2.49. The summed E-state index contributed by atoms with van der Waals surface area (Å²) in [5.41, 5.74) is 3.89. The summed E-state index contributed by atoms with van der Waals surface area (Å²) in [5.74, 6) is 0.719. The second-order valence-electron chi connectivity index (χ2n) is 6.84. The minimum atomic E-state index is -0.440. The van der Waals surface area contributed by atoms with Gasteiger partial charge in [-0.3, -0.25) is 4.79 Å². The summed E-state index contributed by atoms with van der Waals surface area (Å²) >= 11 is 0. The summed E-state index contributed by atoms with van der Waals surface area (Å²) in [5, 5.41) is 3.03. The molecule has 1 N–H and O–H groups in total. The first kappa shape index (κ1) is 18.3. The lowest BCUT2D eigenvalue weighted by molar-refractivity contribution is -0.128. The van der Waals surface area contributed by atoms with Crippen LogP contribution in [0.2, 0.25) is 0 Å². The van der Waals surface area contributed by atoms with Gasteiger partial charge in [0.25, 0.3) is 5.91 Å². The molecule has 138 valence electrons. The summed E-state index contributed by atoms with van der Waals surface area (Å²) in [6, 6.07) is 16.4. The molecular formula is C22H28N2O2. The average Bonchev–Trinajstić information content (AvgIpc) is 3.06. The summed E-state index contributed by atoms with van der Waals surface area (Å²) in [4.78, 5) is 14.8. The summed E-state index contributed by atoms with van der Waals surface area (Å²) in [7, 11) is 0. The van der Waals surface area contributed by atoms with E-state index in [1.807, 2.05) is 38.1 Å². The lowest BCUT2D eigenvalue weighted by Crippen LogP contribution is -2.39. The van der Waals surface area contributed by atoms with Crippen molar-refractivity contribution < 1.29 is 9.53 Å². The number of benzene rings is 2. The molecule has 26 heavy (non-hydrogen) atoms. The molecule has 1 atom stereocenters. The van der Waals surface area contributed by atoms with Crippen molar-refractivity contribution >= 4 is 11.6 Å². The molecule has 2 aromatic rings. The van der Waals surface area contributed by atoms with E-state index in [9.17, 15) is 4.79 Å². The highest BCUT2D eigenvalue weighted by molar-refractivity contribution is 5.81. The fourth-order valence-corrected chi connectivity index (χ4v) is 3.41. The van der Waals surface area contributed by atoms with Crippen molar-refractivity contribution in [3.8, 4) is 5.75 Å². The number of carbonyl (C=O) groups is 1. The number of hydrogen-bond acceptors (Lipinski definition) is 3. The van der Waals surface area contributed by atoms with Crippen LogP contribution in [0.1, 0.15) is 30.9 Å². The Bertz CT molecular complexity index is 744. The van der Waals surface area contributed by atoms with Crippen LogP contribution < -0.4 is 15.0 Å². The third-order valence-electron chi connectivity index (χ3n) is 4.82. The molecule has 1 aliphatic heterocycles. The van der Waals surface area contributed by atoms with E-state index in [4.69, 9.17) is 4.74 Å². The Morgan fingerprint density at radius 3 is 2.88 bits per heavy atom. The second kappa shape index (κ2) is 8.75. The summed E-state index contributed by atoms with van der Waals surface area (Å²) < 4.78 is 5.86. The second-order valence-corrected chi connectivity index (χ2v) is 6.84. The minimum absolute atomic E-state index is 0.0316. The SMILES string of the molecule is CCC(Oc1cccc(C)c1)C(=O)NCCCN1CCc2ccccc21. The van der Waals surface area contributed by atoms with Gasteiger partial charge in [0.1, 0.15) is 5.75 Å². The minimum Gasteiger partial charge on any atom is -0.481 e. The van der Waals surface area contributed by atoms with Crippen LogP contribution in [-0.2, 0) is 11.2 Å². The molecule has 2 aromatic carbocycles. The van der Waals surface area contributed by atoms with Crippen LogP contribution in [0.4, 0.5) is 5.69 Å². The number of ether oxygens (including phenoxy) is 1. The van der Waals surface area contributed by atoms with Crippen LogP contribution in [0, 0.1) is 6.92 Å². The van der Waals surface area contributed by atoms with Crippen LogP contribution in [0.3, 0.4) is 0 Å². The lowest BCUT2D eigenvalue weighted by atomic mass is 10.2. The standard InChI is InChI=1S/C22H28N2O2/c1-3-21(26-19-10-6-8-17(2)16-19)22(25)23-13-7-14-24-15-12-18-9-4-5-11-20(18)24/h4-6,8-11,16,21H,3,7,12-15H2,1-2H3,(H,23,25). The predicted molar refractivity (Wildman–Crippen MR) is 106 cm³/mol. The molecule has 0 bridgehead atoms. The van der Waals surface area contributed by atoms with E-state index in [2.05, 4.69) is 34.5 Å². The highest BCUT2D eigenvalue weighted by atomic mass is 16.5. The average molecular weight is 352 g/mol. The maximum Gasteiger partial charge on any atom is 0.261 e. The molecule has 1 heterocycles. The van der Waals surface area contributed by atoms with Gasteiger partial charge in [-0.2, -0.15) is 0 Å². The molecule has 4 nitrogen and oxygen atoms in total. The highest BCUT2D eigenvalue weighted by Gasteiger charge is 2.19. The monoisotopic (exact) mass is 352 g/mol. The van der Waals surface area contributed by atoms with E-state index in [1.165, 1.54) is 11.3 Å². The van der Waals surface area contributed by atoms with Crippen molar-refractivity contribution in [3.05, 3.63) is 59.7 Å². The molecule has 1 aliphatic rings. The normalized spacial score (nSPS) is 14.0. The first-order valence-electron chi connectivity index (χ1n) is 9.51. The van der Waals surface area contributed by atoms with Gasteiger partial charge in [-0.1, -0.05) is 37.3 Å². The highest BCUT2D eigenvalue weighted by Crippen LogP contribution is 2.27. The maximum atomic E-state index is 12.4. The number of nitrogens with one attached hydrogen (secondary N) is 1. The molecule has 3 rings (SSSR count). The molecule has 0 aromatic heterocycles. The van der Waals surface area contributed by atoms with Gasteiger partial charge in [-0.15, -0.1) is 0 Å². The number of aryl methyl sites for hydroxylation is 1. The number of rotatable bonds is 8. The number of amides is 1. The Morgan fingerprint density at radius 1 is 1.23 bits per heavy atom. The smallest absolute Gasteiger partial charge is 0.261 e. The van der Waals surface area contributed by atoms with Crippen LogP contribution in [0.5, 0.6) is 5.75 Å². The number of nitrogens with zero attached hydrogens (tertiary/aromatic N) is 1. The first-order chi connectivity index (χ1) is 12.7. The largest absolute Gasteiger partial charge is 0.481 e. The third kappa shape index (κ3) is 4.57. The van der Waals surface area contributed by atoms with Crippen LogP contribution >= 0.6 is 0 Å². The van der Waals surface area contributed by atoms with Crippen LogP contribution in [0.15, 0.2) is 48.5 Å². The van der Waals surface area contributed by atoms with E-state index in [0.717, 1.165) is 37.2 Å². The van der Waals surface area contributed by atoms with Crippen molar-refractivity contribution in [1.82, 2.24) is 5.32 Å². The number of para-hydroxylation sites is 1. The van der Waals surface area contributed by atoms with Gasteiger partial charge in [0, 0.05) is 25.3 Å². The van der Waals surface area contributed by atoms with Gasteiger partial charge in [0.15, 0.2) is 6.10 Å². The summed E-state index contributed by atoms with van der Waals surface area (Å²) in [6.45, 7) is 6.70. The molecule has 0 fully saturated rings. The van der Waals surface area contributed by atoms with Gasteiger partial charge in [-0.25, -0.2) is 0 Å². The van der Waals surface area contributed by atoms with E-state index in [-0.39, 0.29) is 5.91 Å². The zero-order chi connectivity index (χ0) is 18.4. The van der Waals surface area contributed by atoms with E-state index in [0.29, 0.717) is 13.0 Å². The predicted octanol–water partition coefficient (Wildman–Crippen LogP) is 3.72. The number of fused-ring (bicyclic) bond motifs is 1. The quantitative estimate of drug-likeness (QED) is 0.736. The molecule has 0 radical (unpaired) electrons. The third-order valence-corrected chi connectivity index (χ3v) is 4.82. The first-order valence-corrected chi connectivity index (χ1v) is 9.51. The zero-order valence-electron chi connectivity index (χ0n) is 15.7. The van der Waals surface area contributed by atoms with Crippen molar-refractivity contribution in [3.63, 3.8) is 0 Å². The molecule has 1 amide bonds. The van der Waals surface area contributed by atoms with Gasteiger partial charge in [0.2, 0.25) is 0 Å². The van der Waals surface area contributed by atoms with E-state index >= 15 is 0 Å². The molecule has 0 spiro atoms. The van der Waals surface area contributed by atoms with Crippen molar-refractivity contribution in [2.45, 2.75) is 39.2 Å². The van der Waals surface area contributed by atoms with Crippen LogP contribution in [0.25, 0.3) is 0 Å². The Balaban J connectivity index is 1.43. The van der Waals surface area contributed by atoms with Crippen molar-refractivity contribution in [2.75, 3.05) is 24.5 Å². The van der Waals surface area contributed by atoms with Crippen molar-refractivity contribution in [2.24, 2.45) is 0 Å². The Kier molecular flexibility index (Phi) is 6.16. The summed E-state index contributed by atoms with van der Waals surface area (Å²) in [6.07, 6.45) is 2.26. The van der Waals surface area contributed by atoms with E-state index < -0.39 is 6.10 Å². The molecule has 1 unspecified atom stereocenters. The molecule has 4 heteroatoms. The van der Waals surface area contributed by atoms with Gasteiger partial charge in [-0.05, 0) is 55.5 Å². The Labute approximate surface area is 156 Å². The molecular weight excluding hydrogens is 324 g/mol. The maximum absolute atomic E-state index is 12.4. The molecule has 0 saturated heterocycles. The number of hydrogen-bond donors (Lipinski definition) is 1. The van der Waals surface area contributed by atoms with Gasteiger partial charge in [0.05, 0.1) is 0 Å². The number of carbonyl (C=O) groups excluding carboxylic acids is 1. The number of anilines is 1. The van der Waals surface area contributed by atoms with Gasteiger partial charge >= 0.3 is 0 Å². The van der Waals surface area contributed by atoms with Gasteiger partial charge < -0.3 is 15.0 Å². The van der Waals surface area contributed by atoms with Crippen LogP contribution in [-0.4, -0.2) is 31.6 Å². The zero-order valence-corrected chi connectivity index (χ0v) is 15.7.